The molecule has 3 aromatic rings. The van der Waals surface area contributed by atoms with Gasteiger partial charge >= 0.3 is 0 Å². The van der Waals surface area contributed by atoms with Crippen molar-refractivity contribution in [2.24, 2.45) is 0 Å². The van der Waals surface area contributed by atoms with Crippen molar-refractivity contribution < 1.29 is 4.79 Å². The van der Waals surface area contributed by atoms with E-state index in [-0.39, 0.29) is 11.5 Å². The van der Waals surface area contributed by atoms with Crippen LogP contribution >= 0.6 is 11.3 Å². The second-order valence-corrected chi connectivity index (χ2v) is 4.30. The van der Waals surface area contributed by atoms with Crippen molar-refractivity contribution in [3.8, 4) is 0 Å². The van der Waals surface area contributed by atoms with Gasteiger partial charge in [0.25, 0.3) is 11.5 Å². The number of nitrogens with zero attached hydrogens (tertiary/aromatic N) is 3. The molecule has 0 saturated carbocycles. The number of carbonyl (C=O) groups excluding carboxylic acids is 1. The first kappa shape index (κ1) is 10.7. The number of amides is 1. The Bertz CT molecular complexity index is 758. The maximum atomic E-state index is 12.0. The Labute approximate surface area is 104 Å². The van der Waals surface area contributed by atoms with E-state index in [4.69, 9.17) is 0 Å². The summed E-state index contributed by atoms with van der Waals surface area (Å²) < 4.78 is 1.34. The summed E-state index contributed by atoms with van der Waals surface area (Å²) in [4.78, 5) is 35.0. The molecule has 3 heterocycles. The van der Waals surface area contributed by atoms with Crippen LogP contribution in [0.5, 0.6) is 0 Å². The second-order valence-electron chi connectivity index (χ2n) is 3.42. The zero-order valence-corrected chi connectivity index (χ0v) is 9.77. The molecular formula is C10H7N5O2S. The fourth-order valence-electron chi connectivity index (χ4n) is 1.49. The van der Waals surface area contributed by atoms with Gasteiger partial charge in [-0.05, 0) is 0 Å². The van der Waals surface area contributed by atoms with Crippen LogP contribution in [0, 0.1) is 0 Å². The van der Waals surface area contributed by atoms with Crippen LogP contribution < -0.4 is 10.9 Å². The molecule has 3 aromatic heterocycles. The molecule has 1 amide bonds. The van der Waals surface area contributed by atoms with Gasteiger partial charge in [0.2, 0.25) is 5.95 Å². The monoisotopic (exact) mass is 261 g/mol. The van der Waals surface area contributed by atoms with Gasteiger partial charge in [-0.2, -0.15) is 0 Å². The van der Waals surface area contributed by atoms with Crippen LogP contribution in [0.2, 0.25) is 0 Å². The summed E-state index contributed by atoms with van der Waals surface area (Å²) in [5, 5.41) is 4.21. The van der Waals surface area contributed by atoms with Crippen LogP contribution in [0.25, 0.3) is 4.96 Å². The molecule has 0 radical (unpaired) electrons. The van der Waals surface area contributed by atoms with Gasteiger partial charge in [0.05, 0.1) is 0 Å². The quantitative estimate of drug-likeness (QED) is 0.711. The molecular weight excluding hydrogens is 254 g/mol. The summed E-state index contributed by atoms with van der Waals surface area (Å²) in [7, 11) is 0. The number of hydrogen-bond acceptors (Lipinski definition) is 5. The first-order chi connectivity index (χ1) is 8.75. The SMILES string of the molecule is O=C(Nc1ncc[nH]1)c1cnc2sccn2c1=O. The molecule has 8 heteroatoms. The van der Waals surface area contributed by atoms with E-state index < -0.39 is 11.5 Å². The maximum Gasteiger partial charge on any atom is 0.271 e. The molecule has 0 atom stereocenters. The number of aromatic nitrogens is 4. The minimum Gasteiger partial charge on any atom is -0.331 e. The van der Waals surface area contributed by atoms with Crippen LogP contribution in [-0.4, -0.2) is 25.3 Å². The number of H-pyrrole nitrogens is 1. The minimum absolute atomic E-state index is 0.0256. The van der Waals surface area contributed by atoms with Crippen molar-refractivity contribution in [2.45, 2.75) is 0 Å². The third-order valence-corrected chi connectivity index (χ3v) is 3.09. The molecule has 3 rings (SSSR count). The van der Waals surface area contributed by atoms with Gasteiger partial charge < -0.3 is 4.98 Å². The van der Waals surface area contributed by atoms with Crippen molar-refractivity contribution in [3.05, 3.63) is 46.1 Å². The van der Waals surface area contributed by atoms with Crippen molar-refractivity contribution >= 4 is 28.2 Å². The molecule has 0 fully saturated rings. The zero-order valence-electron chi connectivity index (χ0n) is 8.95. The number of imidazole rings is 1. The van der Waals surface area contributed by atoms with E-state index in [1.807, 2.05) is 0 Å². The Morgan fingerprint density at radius 1 is 1.44 bits per heavy atom. The molecule has 0 aliphatic rings. The first-order valence-electron chi connectivity index (χ1n) is 5.01. The van der Waals surface area contributed by atoms with Crippen LogP contribution in [-0.2, 0) is 0 Å². The summed E-state index contributed by atoms with van der Waals surface area (Å²) in [6, 6.07) is 0. The highest BCUT2D eigenvalue weighted by Crippen LogP contribution is 2.06. The van der Waals surface area contributed by atoms with E-state index in [1.165, 1.54) is 28.1 Å². The lowest BCUT2D eigenvalue weighted by Crippen LogP contribution is -2.26. The standard InChI is InChI=1S/C10H7N5O2S/c16-7(14-9-11-1-2-12-9)6-5-13-10-15(8(6)17)3-4-18-10/h1-5H,(H2,11,12,14,16). The van der Waals surface area contributed by atoms with Crippen molar-refractivity contribution in [1.82, 2.24) is 19.4 Å². The minimum atomic E-state index is -0.539. The van der Waals surface area contributed by atoms with Crippen LogP contribution in [0.15, 0.2) is 35.0 Å². The lowest BCUT2D eigenvalue weighted by molar-refractivity contribution is 0.102. The van der Waals surface area contributed by atoms with E-state index in [9.17, 15) is 9.59 Å². The average molecular weight is 261 g/mol. The molecule has 0 unspecified atom stereocenters. The highest BCUT2D eigenvalue weighted by atomic mass is 32.1. The van der Waals surface area contributed by atoms with Crippen molar-refractivity contribution in [3.63, 3.8) is 0 Å². The molecule has 7 nitrogen and oxygen atoms in total. The summed E-state index contributed by atoms with van der Waals surface area (Å²) in [5.41, 5.74) is -0.424. The number of thiazole rings is 1. The third-order valence-electron chi connectivity index (χ3n) is 2.32. The summed E-state index contributed by atoms with van der Waals surface area (Å²) in [6.07, 6.45) is 5.93. The number of carbonyl (C=O) groups is 1. The fraction of sp³-hybridized carbons (Fsp3) is 0. The predicted molar refractivity (Wildman–Crippen MR) is 65.9 cm³/mol. The smallest absolute Gasteiger partial charge is 0.271 e. The number of fused-ring (bicyclic) bond motifs is 1. The number of anilines is 1. The van der Waals surface area contributed by atoms with Crippen molar-refractivity contribution in [2.75, 3.05) is 5.32 Å². The molecule has 0 bridgehead atoms. The molecule has 0 aliphatic heterocycles. The number of nitrogens with one attached hydrogen (secondary N) is 2. The Balaban J connectivity index is 2.01. The molecule has 90 valence electrons. The maximum absolute atomic E-state index is 12.0. The van der Waals surface area contributed by atoms with Gasteiger partial charge in [-0.1, -0.05) is 0 Å². The lowest BCUT2D eigenvalue weighted by Gasteiger charge is -2.01. The second kappa shape index (κ2) is 4.08. The average Bonchev–Trinajstić information content (AvgIpc) is 2.99. The van der Waals surface area contributed by atoms with Crippen LogP contribution in [0.3, 0.4) is 0 Å². The van der Waals surface area contributed by atoms with Gasteiger partial charge in [0.15, 0.2) is 4.96 Å². The highest BCUT2D eigenvalue weighted by Gasteiger charge is 2.14. The van der Waals surface area contributed by atoms with Gasteiger partial charge in [-0.15, -0.1) is 11.3 Å². The van der Waals surface area contributed by atoms with Crippen LogP contribution in [0.4, 0.5) is 5.95 Å². The Morgan fingerprint density at radius 3 is 3.11 bits per heavy atom. The number of rotatable bonds is 2. The highest BCUT2D eigenvalue weighted by molar-refractivity contribution is 7.15. The van der Waals surface area contributed by atoms with Crippen molar-refractivity contribution in [1.29, 1.82) is 0 Å². The van der Waals surface area contributed by atoms with E-state index in [2.05, 4.69) is 20.3 Å². The van der Waals surface area contributed by atoms with Gasteiger partial charge in [-0.25, -0.2) is 9.97 Å². The summed E-state index contributed by atoms with van der Waals surface area (Å²) >= 11 is 1.33. The molecule has 18 heavy (non-hydrogen) atoms. The van der Waals surface area contributed by atoms with E-state index >= 15 is 0 Å². The van der Waals surface area contributed by atoms with Gasteiger partial charge in [0.1, 0.15) is 5.56 Å². The zero-order chi connectivity index (χ0) is 12.5. The summed E-state index contributed by atoms with van der Waals surface area (Å²) in [6.45, 7) is 0. The number of hydrogen-bond donors (Lipinski definition) is 2. The number of aromatic amines is 1. The third kappa shape index (κ3) is 1.68. The van der Waals surface area contributed by atoms with E-state index in [0.717, 1.165) is 0 Å². The molecule has 0 saturated heterocycles. The largest absolute Gasteiger partial charge is 0.331 e. The first-order valence-corrected chi connectivity index (χ1v) is 5.89. The predicted octanol–water partition coefficient (Wildman–Crippen LogP) is 0.731. The molecule has 0 aromatic carbocycles. The topological polar surface area (TPSA) is 92.2 Å². The van der Waals surface area contributed by atoms with Crippen LogP contribution in [0.1, 0.15) is 10.4 Å². The molecule has 0 spiro atoms. The van der Waals surface area contributed by atoms with E-state index in [0.29, 0.717) is 4.96 Å². The molecule has 0 aliphatic carbocycles. The normalized spacial score (nSPS) is 10.7. The van der Waals surface area contributed by atoms with Gasteiger partial charge in [0, 0.05) is 30.2 Å². The van der Waals surface area contributed by atoms with E-state index in [1.54, 1.807) is 17.8 Å². The lowest BCUT2D eigenvalue weighted by atomic mass is 10.3. The Hall–Kier alpha value is -2.48. The Morgan fingerprint density at radius 2 is 2.33 bits per heavy atom. The summed E-state index contributed by atoms with van der Waals surface area (Å²) in [5.74, 6) is -0.252. The Kier molecular flexibility index (Phi) is 2.41. The fourth-order valence-corrected chi connectivity index (χ4v) is 2.16. The van der Waals surface area contributed by atoms with Gasteiger partial charge in [-0.3, -0.25) is 19.3 Å². The molecule has 2 N–H and O–H groups in total.